The zero-order valence-corrected chi connectivity index (χ0v) is 19.7. The van der Waals surface area contributed by atoms with Crippen LogP contribution in [0.3, 0.4) is 0 Å². The molecule has 2 aromatic carbocycles. The van der Waals surface area contributed by atoms with Gasteiger partial charge in [-0.3, -0.25) is 9.88 Å². The van der Waals surface area contributed by atoms with Gasteiger partial charge in [0.25, 0.3) is 0 Å². The van der Waals surface area contributed by atoms with Crippen molar-refractivity contribution in [3.05, 3.63) is 82.0 Å². The number of likely N-dealkylation sites (tertiary alicyclic amines) is 1. The molecule has 5 rings (SSSR count). The van der Waals surface area contributed by atoms with E-state index in [2.05, 4.69) is 78.4 Å². The lowest BCUT2D eigenvalue weighted by molar-refractivity contribution is 0.211. The summed E-state index contributed by atoms with van der Waals surface area (Å²) in [5, 5.41) is 3.80. The minimum atomic E-state index is 0.581. The highest BCUT2D eigenvalue weighted by atomic mass is 15.1. The van der Waals surface area contributed by atoms with Crippen LogP contribution in [0.15, 0.2) is 48.7 Å². The van der Waals surface area contributed by atoms with Crippen LogP contribution < -0.4 is 5.32 Å². The van der Waals surface area contributed by atoms with Gasteiger partial charge in [-0.2, -0.15) is 0 Å². The van der Waals surface area contributed by atoms with Gasteiger partial charge in [-0.1, -0.05) is 6.07 Å². The maximum absolute atomic E-state index is 4.67. The molecule has 1 aromatic heterocycles. The highest BCUT2D eigenvalue weighted by molar-refractivity contribution is 5.63. The molecule has 0 radical (unpaired) electrons. The molecule has 0 bridgehead atoms. The minimum absolute atomic E-state index is 0.581. The molecule has 1 aliphatic heterocycles. The Bertz CT molecular complexity index is 1090. The number of pyridine rings is 1. The third-order valence-corrected chi connectivity index (χ3v) is 7.51. The molecule has 0 saturated carbocycles. The van der Waals surface area contributed by atoms with Gasteiger partial charge in [0.2, 0.25) is 0 Å². The molecule has 1 fully saturated rings. The second-order valence-corrected chi connectivity index (χ2v) is 9.82. The molecule has 1 saturated heterocycles. The first-order valence-electron chi connectivity index (χ1n) is 12.2. The summed E-state index contributed by atoms with van der Waals surface area (Å²) in [6.07, 6.45) is 8.19. The molecule has 0 atom stereocenters. The Balaban J connectivity index is 1.19. The van der Waals surface area contributed by atoms with Crippen LogP contribution in [0.1, 0.15) is 52.6 Å². The van der Waals surface area contributed by atoms with Crippen LogP contribution in [-0.2, 0) is 19.4 Å². The van der Waals surface area contributed by atoms with Gasteiger partial charge in [-0.05, 0) is 123 Å². The highest BCUT2D eigenvalue weighted by Gasteiger charge is 2.20. The average molecular weight is 426 g/mol. The second-order valence-electron chi connectivity index (χ2n) is 9.82. The Morgan fingerprint density at radius 3 is 2.44 bits per heavy atom. The van der Waals surface area contributed by atoms with Crippen molar-refractivity contribution < 1.29 is 0 Å². The van der Waals surface area contributed by atoms with Crippen LogP contribution in [-0.4, -0.2) is 29.0 Å². The normalized spacial score (nSPS) is 16.8. The molecule has 3 heteroatoms. The molecule has 3 aromatic rings. The fourth-order valence-electron chi connectivity index (χ4n) is 5.31. The van der Waals surface area contributed by atoms with Crippen molar-refractivity contribution in [2.75, 3.05) is 18.4 Å². The van der Waals surface area contributed by atoms with Gasteiger partial charge in [0.1, 0.15) is 0 Å². The van der Waals surface area contributed by atoms with Crippen molar-refractivity contribution in [1.29, 1.82) is 0 Å². The van der Waals surface area contributed by atoms with Crippen LogP contribution in [0.2, 0.25) is 0 Å². The summed E-state index contributed by atoms with van der Waals surface area (Å²) < 4.78 is 0. The van der Waals surface area contributed by atoms with Gasteiger partial charge < -0.3 is 5.32 Å². The summed E-state index contributed by atoms with van der Waals surface area (Å²) in [7, 11) is 0. The van der Waals surface area contributed by atoms with E-state index in [4.69, 9.17) is 0 Å². The molecule has 0 unspecified atom stereocenters. The van der Waals surface area contributed by atoms with E-state index >= 15 is 0 Å². The van der Waals surface area contributed by atoms with Gasteiger partial charge in [-0.15, -0.1) is 0 Å². The summed E-state index contributed by atoms with van der Waals surface area (Å²) in [6.45, 7) is 9.87. The Morgan fingerprint density at radius 2 is 1.66 bits per heavy atom. The molecular formula is C29H35N3. The Kier molecular flexibility index (Phi) is 6.01. The van der Waals surface area contributed by atoms with Crippen LogP contribution in [0.4, 0.5) is 5.69 Å². The first-order valence-corrected chi connectivity index (χ1v) is 12.2. The monoisotopic (exact) mass is 425 g/mol. The van der Waals surface area contributed by atoms with Crippen molar-refractivity contribution in [2.45, 2.75) is 65.5 Å². The molecular weight excluding hydrogens is 390 g/mol. The Hall–Kier alpha value is -2.65. The molecule has 2 heterocycles. The summed E-state index contributed by atoms with van der Waals surface area (Å²) in [5.74, 6) is 0. The first-order chi connectivity index (χ1) is 15.5. The smallest absolute Gasteiger partial charge is 0.0705 e. The molecule has 1 N–H and O–H groups in total. The number of anilines is 1. The molecule has 1 aliphatic carbocycles. The predicted octanol–water partition coefficient (Wildman–Crippen LogP) is 6.24. The number of nitrogens with zero attached hydrogens (tertiary/aromatic N) is 2. The van der Waals surface area contributed by atoms with Crippen molar-refractivity contribution >= 4 is 5.69 Å². The fraction of sp³-hybridized carbons (Fsp3) is 0.414. The summed E-state index contributed by atoms with van der Waals surface area (Å²) in [4.78, 5) is 7.26. The predicted molar refractivity (Wildman–Crippen MR) is 134 cm³/mol. The molecule has 32 heavy (non-hydrogen) atoms. The quantitative estimate of drug-likeness (QED) is 0.524. The number of piperidine rings is 1. The van der Waals surface area contributed by atoms with Crippen LogP contribution in [0.25, 0.3) is 11.3 Å². The van der Waals surface area contributed by atoms with E-state index in [1.54, 1.807) is 11.1 Å². The zero-order valence-electron chi connectivity index (χ0n) is 19.7. The SMILES string of the molecule is Cc1cc(-c2cc(CN3CCC(Nc4ccc5c(c4)CCC5)CC3)ccn2)cc(C)c1C. The highest BCUT2D eigenvalue weighted by Crippen LogP contribution is 2.27. The van der Waals surface area contributed by atoms with Crippen molar-refractivity contribution in [3.8, 4) is 11.3 Å². The number of benzene rings is 2. The summed E-state index contributed by atoms with van der Waals surface area (Å²) in [6, 6.07) is 16.6. The lowest BCUT2D eigenvalue weighted by Gasteiger charge is -2.33. The number of hydrogen-bond donors (Lipinski definition) is 1. The largest absolute Gasteiger partial charge is 0.382 e. The number of rotatable bonds is 5. The molecule has 3 nitrogen and oxygen atoms in total. The van der Waals surface area contributed by atoms with E-state index in [9.17, 15) is 0 Å². The number of fused-ring (bicyclic) bond motifs is 1. The van der Waals surface area contributed by atoms with E-state index in [0.717, 1.165) is 25.3 Å². The zero-order chi connectivity index (χ0) is 22.1. The van der Waals surface area contributed by atoms with E-state index in [1.165, 1.54) is 65.6 Å². The van der Waals surface area contributed by atoms with E-state index in [1.807, 2.05) is 6.20 Å². The second kappa shape index (κ2) is 9.07. The van der Waals surface area contributed by atoms with E-state index in [-0.39, 0.29) is 0 Å². The number of aromatic nitrogens is 1. The lowest BCUT2D eigenvalue weighted by atomic mass is 9.98. The standard InChI is InChI=1S/C29H35N3/c1-20-15-26(16-21(2)22(20)3)29-17-23(9-12-30-29)19-32-13-10-27(11-14-32)31-28-8-7-24-5-4-6-25(24)18-28/h7-9,12,15-18,27,31H,4-6,10-11,13-14,19H2,1-3H3. The van der Waals surface area contributed by atoms with Crippen LogP contribution in [0, 0.1) is 20.8 Å². The Morgan fingerprint density at radius 1 is 0.906 bits per heavy atom. The van der Waals surface area contributed by atoms with Crippen LogP contribution in [0.5, 0.6) is 0 Å². The van der Waals surface area contributed by atoms with Crippen LogP contribution >= 0.6 is 0 Å². The first kappa shape index (κ1) is 21.2. The number of hydrogen-bond acceptors (Lipinski definition) is 3. The molecule has 166 valence electrons. The van der Waals surface area contributed by atoms with Crippen molar-refractivity contribution in [1.82, 2.24) is 9.88 Å². The maximum atomic E-state index is 4.67. The third-order valence-electron chi connectivity index (χ3n) is 7.51. The maximum Gasteiger partial charge on any atom is 0.0705 e. The van der Waals surface area contributed by atoms with Crippen molar-refractivity contribution in [2.24, 2.45) is 0 Å². The summed E-state index contributed by atoms with van der Waals surface area (Å²) >= 11 is 0. The lowest BCUT2D eigenvalue weighted by Crippen LogP contribution is -2.38. The van der Waals surface area contributed by atoms with E-state index < -0.39 is 0 Å². The number of nitrogens with one attached hydrogen (secondary N) is 1. The fourth-order valence-corrected chi connectivity index (χ4v) is 5.31. The summed E-state index contributed by atoms with van der Waals surface area (Å²) in [5.41, 5.74) is 12.1. The van der Waals surface area contributed by atoms with Gasteiger partial charge in [0.05, 0.1) is 5.69 Å². The van der Waals surface area contributed by atoms with Crippen molar-refractivity contribution in [3.63, 3.8) is 0 Å². The molecule has 0 amide bonds. The topological polar surface area (TPSA) is 28.2 Å². The Labute approximate surface area is 192 Å². The van der Waals surface area contributed by atoms with Gasteiger partial charge in [0.15, 0.2) is 0 Å². The molecule has 0 spiro atoms. The van der Waals surface area contributed by atoms with E-state index in [0.29, 0.717) is 6.04 Å². The third kappa shape index (κ3) is 4.59. The van der Waals surface area contributed by atoms with Gasteiger partial charge >= 0.3 is 0 Å². The number of aryl methyl sites for hydroxylation is 4. The molecule has 2 aliphatic rings. The minimum Gasteiger partial charge on any atom is -0.382 e. The van der Waals surface area contributed by atoms with Gasteiger partial charge in [0, 0.05) is 43.1 Å². The van der Waals surface area contributed by atoms with Gasteiger partial charge in [-0.25, -0.2) is 0 Å². The average Bonchev–Trinajstić information content (AvgIpc) is 3.27.